The Bertz CT molecular complexity index is 747. The number of amides is 1. The summed E-state index contributed by atoms with van der Waals surface area (Å²) in [6.45, 7) is 2.00. The fourth-order valence-corrected chi connectivity index (χ4v) is 3.93. The SMILES string of the molecule is NCCc1nc(C(=O)NC2CCCN(Cc3c(F)cccc3F)C2)cs1. The predicted octanol–water partition coefficient (Wildman–Crippen LogP) is 2.32. The molecule has 0 bridgehead atoms. The number of benzene rings is 1. The van der Waals surface area contributed by atoms with Crippen molar-refractivity contribution in [1.29, 1.82) is 0 Å². The molecule has 1 aromatic heterocycles. The smallest absolute Gasteiger partial charge is 0.271 e. The number of rotatable bonds is 6. The third kappa shape index (κ3) is 4.63. The van der Waals surface area contributed by atoms with Crippen LogP contribution in [0, 0.1) is 11.6 Å². The van der Waals surface area contributed by atoms with Gasteiger partial charge >= 0.3 is 0 Å². The molecule has 1 saturated heterocycles. The van der Waals surface area contributed by atoms with Crippen molar-refractivity contribution in [3.63, 3.8) is 0 Å². The van der Waals surface area contributed by atoms with Gasteiger partial charge in [-0.1, -0.05) is 6.07 Å². The molecule has 0 aliphatic carbocycles. The molecule has 1 atom stereocenters. The molecular formula is C18H22F2N4OS. The Kier molecular flexibility index (Phi) is 6.29. The van der Waals surface area contributed by atoms with Gasteiger partial charge in [-0.3, -0.25) is 9.69 Å². The highest BCUT2D eigenvalue weighted by Gasteiger charge is 2.24. The van der Waals surface area contributed by atoms with E-state index >= 15 is 0 Å². The van der Waals surface area contributed by atoms with Gasteiger partial charge in [0.15, 0.2) is 0 Å². The molecule has 2 aromatic rings. The summed E-state index contributed by atoms with van der Waals surface area (Å²) in [6, 6.07) is 3.83. The molecular weight excluding hydrogens is 358 g/mol. The van der Waals surface area contributed by atoms with Gasteiger partial charge in [-0.25, -0.2) is 13.8 Å². The van der Waals surface area contributed by atoms with Gasteiger partial charge in [-0.2, -0.15) is 0 Å². The van der Waals surface area contributed by atoms with Crippen LogP contribution in [0.15, 0.2) is 23.6 Å². The van der Waals surface area contributed by atoms with Crippen LogP contribution in [0.2, 0.25) is 0 Å². The van der Waals surface area contributed by atoms with Crippen molar-refractivity contribution in [2.75, 3.05) is 19.6 Å². The minimum Gasteiger partial charge on any atom is -0.347 e. The van der Waals surface area contributed by atoms with Crippen LogP contribution in [-0.4, -0.2) is 41.5 Å². The van der Waals surface area contributed by atoms with E-state index in [1.165, 1.54) is 29.5 Å². The van der Waals surface area contributed by atoms with Crippen molar-refractivity contribution in [2.24, 2.45) is 5.73 Å². The molecule has 1 fully saturated rings. The molecule has 5 nitrogen and oxygen atoms in total. The highest BCUT2D eigenvalue weighted by Crippen LogP contribution is 2.19. The zero-order valence-electron chi connectivity index (χ0n) is 14.4. The lowest BCUT2D eigenvalue weighted by molar-refractivity contribution is 0.0895. The summed E-state index contributed by atoms with van der Waals surface area (Å²) < 4.78 is 27.7. The van der Waals surface area contributed by atoms with Crippen molar-refractivity contribution < 1.29 is 13.6 Å². The maximum absolute atomic E-state index is 13.8. The van der Waals surface area contributed by atoms with Gasteiger partial charge < -0.3 is 11.1 Å². The first-order valence-corrected chi connectivity index (χ1v) is 9.55. The second-order valence-corrected chi connectivity index (χ2v) is 7.36. The number of aromatic nitrogens is 1. The predicted molar refractivity (Wildman–Crippen MR) is 97.0 cm³/mol. The van der Waals surface area contributed by atoms with Crippen LogP contribution in [0.25, 0.3) is 0 Å². The first-order chi connectivity index (χ1) is 12.6. The normalized spacial score (nSPS) is 18.0. The number of carbonyl (C=O) groups is 1. The summed E-state index contributed by atoms with van der Waals surface area (Å²) in [7, 11) is 0. The Morgan fingerprint density at radius 1 is 1.38 bits per heavy atom. The molecule has 3 N–H and O–H groups in total. The number of carbonyl (C=O) groups excluding carboxylic acids is 1. The molecule has 0 radical (unpaired) electrons. The molecule has 1 aliphatic heterocycles. The molecule has 8 heteroatoms. The molecule has 1 aromatic carbocycles. The summed E-state index contributed by atoms with van der Waals surface area (Å²) in [5.74, 6) is -1.29. The largest absolute Gasteiger partial charge is 0.347 e. The fraction of sp³-hybridized carbons (Fsp3) is 0.444. The zero-order valence-corrected chi connectivity index (χ0v) is 15.2. The van der Waals surface area contributed by atoms with Gasteiger partial charge in [-0.05, 0) is 38.1 Å². The number of hydrogen-bond donors (Lipinski definition) is 2. The Morgan fingerprint density at radius 3 is 2.88 bits per heavy atom. The molecule has 1 amide bonds. The molecule has 2 heterocycles. The molecule has 140 valence electrons. The van der Waals surface area contributed by atoms with Gasteiger partial charge in [0.05, 0.1) is 5.01 Å². The average Bonchev–Trinajstić information content (AvgIpc) is 3.08. The van der Waals surface area contributed by atoms with Crippen molar-refractivity contribution in [1.82, 2.24) is 15.2 Å². The summed E-state index contributed by atoms with van der Waals surface area (Å²) >= 11 is 1.42. The lowest BCUT2D eigenvalue weighted by Crippen LogP contribution is -2.47. The van der Waals surface area contributed by atoms with Gasteiger partial charge in [0.25, 0.3) is 5.91 Å². The van der Waals surface area contributed by atoms with Crippen LogP contribution in [0.1, 0.15) is 33.9 Å². The zero-order chi connectivity index (χ0) is 18.5. The topological polar surface area (TPSA) is 71.2 Å². The number of halogens is 2. The summed E-state index contributed by atoms with van der Waals surface area (Å²) in [6.07, 6.45) is 2.35. The van der Waals surface area contributed by atoms with Crippen LogP contribution in [0.4, 0.5) is 8.78 Å². The number of nitrogens with zero attached hydrogens (tertiary/aromatic N) is 2. The lowest BCUT2D eigenvalue weighted by atomic mass is 10.0. The first-order valence-electron chi connectivity index (χ1n) is 8.67. The average molecular weight is 380 g/mol. The number of hydrogen-bond acceptors (Lipinski definition) is 5. The van der Waals surface area contributed by atoms with Crippen LogP contribution in [0.5, 0.6) is 0 Å². The van der Waals surface area contributed by atoms with Crippen molar-refractivity contribution in [2.45, 2.75) is 31.8 Å². The number of likely N-dealkylation sites (tertiary alicyclic amines) is 1. The highest BCUT2D eigenvalue weighted by molar-refractivity contribution is 7.09. The molecule has 0 spiro atoms. The molecule has 0 saturated carbocycles. The van der Waals surface area contributed by atoms with Crippen LogP contribution in [-0.2, 0) is 13.0 Å². The minimum atomic E-state index is -0.536. The second-order valence-electron chi connectivity index (χ2n) is 6.41. The second kappa shape index (κ2) is 8.66. The fourth-order valence-electron chi connectivity index (χ4n) is 3.14. The highest BCUT2D eigenvalue weighted by atomic mass is 32.1. The standard InChI is InChI=1S/C18H22F2N4OS/c19-14-4-1-5-15(20)13(14)10-24-8-2-3-12(9-24)22-18(25)16-11-26-17(23-16)6-7-21/h1,4-5,11-12H,2-3,6-10,21H2,(H,22,25). The summed E-state index contributed by atoms with van der Waals surface area (Å²) in [5.41, 5.74) is 5.98. The Hall–Kier alpha value is -1.90. The maximum atomic E-state index is 13.8. The van der Waals surface area contributed by atoms with E-state index in [-0.39, 0.29) is 24.1 Å². The number of nitrogens with one attached hydrogen (secondary N) is 1. The lowest BCUT2D eigenvalue weighted by Gasteiger charge is -2.33. The van der Waals surface area contributed by atoms with Gasteiger partial charge in [0, 0.05) is 36.5 Å². The van der Waals surface area contributed by atoms with Gasteiger partial charge in [0.1, 0.15) is 17.3 Å². The van der Waals surface area contributed by atoms with Crippen molar-refractivity contribution in [3.8, 4) is 0 Å². The Balaban J connectivity index is 1.58. The van der Waals surface area contributed by atoms with Crippen molar-refractivity contribution >= 4 is 17.2 Å². The van der Waals surface area contributed by atoms with Crippen LogP contribution >= 0.6 is 11.3 Å². The molecule has 26 heavy (non-hydrogen) atoms. The third-order valence-corrected chi connectivity index (χ3v) is 5.34. The van der Waals surface area contributed by atoms with E-state index in [4.69, 9.17) is 5.73 Å². The Morgan fingerprint density at radius 2 is 2.15 bits per heavy atom. The van der Waals surface area contributed by atoms with Crippen LogP contribution in [0.3, 0.4) is 0 Å². The van der Waals surface area contributed by atoms with E-state index in [1.54, 1.807) is 5.38 Å². The third-order valence-electron chi connectivity index (χ3n) is 4.43. The van der Waals surface area contributed by atoms with Crippen molar-refractivity contribution in [3.05, 3.63) is 51.5 Å². The number of nitrogens with two attached hydrogens (primary N) is 1. The van der Waals surface area contributed by atoms with E-state index < -0.39 is 11.6 Å². The van der Waals surface area contributed by atoms with Gasteiger partial charge in [-0.15, -0.1) is 11.3 Å². The maximum Gasteiger partial charge on any atom is 0.271 e. The minimum absolute atomic E-state index is 0.0641. The molecule has 1 unspecified atom stereocenters. The van der Waals surface area contributed by atoms with E-state index in [2.05, 4.69) is 10.3 Å². The van der Waals surface area contributed by atoms with E-state index in [0.717, 1.165) is 24.4 Å². The summed E-state index contributed by atoms with van der Waals surface area (Å²) in [4.78, 5) is 18.6. The number of thiazole rings is 1. The quantitative estimate of drug-likeness (QED) is 0.807. The van der Waals surface area contributed by atoms with E-state index in [1.807, 2.05) is 4.90 Å². The number of piperidine rings is 1. The molecule has 3 rings (SSSR count). The van der Waals surface area contributed by atoms with Crippen LogP contribution < -0.4 is 11.1 Å². The molecule has 1 aliphatic rings. The van der Waals surface area contributed by atoms with E-state index in [0.29, 0.717) is 25.2 Å². The first kappa shape index (κ1) is 18.9. The Labute approximate surface area is 155 Å². The monoisotopic (exact) mass is 380 g/mol. The van der Waals surface area contributed by atoms with E-state index in [9.17, 15) is 13.6 Å². The summed E-state index contributed by atoms with van der Waals surface area (Å²) in [5, 5.41) is 5.56. The van der Waals surface area contributed by atoms with Gasteiger partial charge in [0.2, 0.25) is 0 Å².